The minimum Gasteiger partial charge on any atom is -0.416 e. The van der Waals surface area contributed by atoms with Gasteiger partial charge in [0, 0.05) is 18.6 Å². The van der Waals surface area contributed by atoms with Crippen molar-refractivity contribution in [2.75, 3.05) is 0 Å². The van der Waals surface area contributed by atoms with Gasteiger partial charge in [0.1, 0.15) is 11.6 Å². The molecule has 5 aromatic rings. The molecule has 5 aromatic heterocycles. The number of nitrogens with zero attached hydrogens (tertiary/aromatic N) is 7. The van der Waals surface area contributed by atoms with E-state index in [2.05, 4.69) is 31.6 Å². The molecule has 1 fully saturated rings. The topological polar surface area (TPSA) is 126 Å². The van der Waals surface area contributed by atoms with E-state index in [1.807, 2.05) is 22.9 Å². The van der Waals surface area contributed by atoms with Crippen LogP contribution in [0.25, 0.3) is 11.2 Å². The third-order valence-electron chi connectivity index (χ3n) is 5.87. The van der Waals surface area contributed by atoms with Gasteiger partial charge in [-0.2, -0.15) is 5.26 Å². The molecule has 1 amide bonds. The van der Waals surface area contributed by atoms with E-state index in [0.29, 0.717) is 28.5 Å². The number of hydrogen-bond donors (Lipinski definition) is 1. The molecule has 10 nitrogen and oxygen atoms in total. The van der Waals surface area contributed by atoms with Gasteiger partial charge in [-0.3, -0.25) is 4.79 Å². The summed E-state index contributed by atoms with van der Waals surface area (Å²) in [7, 11) is 0. The predicted octanol–water partition coefficient (Wildman–Crippen LogP) is 3.43. The lowest BCUT2D eigenvalue weighted by Gasteiger charge is -2.02. The van der Waals surface area contributed by atoms with Crippen LogP contribution >= 0.6 is 11.6 Å². The third-order valence-corrected chi connectivity index (χ3v) is 6.16. The van der Waals surface area contributed by atoms with E-state index in [-0.39, 0.29) is 35.3 Å². The highest BCUT2D eigenvalue weighted by atomic mass is 35.5. The molecule has 0 aliphatic heterocycles. The summed E-state index contributed by atoms with van der Waals surface area (Å²) in [6.07, 6.45) is 9.27. The standard InChI is InChI=1S/C23H16ClFN8O2/c24-16-3-4-32-11-28-17(20(32)19(16)25)8-27-22(34)23-31-30-18(35-23)6-15-10-33-9-14(12-1-2-12)5-13(7-26)21(33)29-15/h3-5,9-12H,1-2,6,8H2,(H,27,34). The van der Waals surface area contributed by atoms with Crippen molar-refractivity contribution in [3.05, 3.63) is 82.2 Å². The van der Waals surface area contributed by atoms with Crippen LogP contribution in [0.15, 0.2) is 41.5 Å². The van der Waals surface area contributed by atoms with Gasteiger partial charge < -0.3 is 18.5 Å². The predicted molar refractivity (Wildman–Crippen MR) is 120 cm³/mol. The first kappa shape index (κ1) is 21.2. The fourth-order valence-electron chi connectivity index (χ4n) is 4.00. The molecule has 0 saturated heterocycles. The molecule has 0 atom stereocenters. The van der Waals surface area contributed by atoms with E-state index in [4.69, 9.17) is 16.0 Å². The third kappa shape index (κ3) is 3.87. The Morgan fingerprint density at radius 3 is 2.97 bits per heavy atom. The van der Waals surface area contributed by atoms with Crippen LogP contribution < -0.4 is 5.32 Å². The maximum absolute atomic E-state index is 14.4. The average molecular weight is 491 g/mol. The van der Waals surface area contributed by atoms with Gasteiger partial charge in [0.05, 0.1) is 41.3 Å². The summed E-state index contributed by atoms with van der Waals surface area (Å²) >= 11 is 5.85. The molecular formula is C23H16ClFN8O2. The van der Waals surface area contributed by atoms with E-state index in [1.165, 1.54) is 16.8 Å². The van der Waals surface area contributed by atoms with Crippen LogP contribution in [0, 0.1) is 17.1 Å². The summed E-state index contributed by atoms with van der Waals surface area (Å²) in [5.41, 5.74) is 3.31. The van der Waals surface area contributed by atoms with Crippen molar-refractivity contribution in [3.63, 3.8) is 0 Å². The van der Waals surface area contributed by atoms with Crippen LogP contribution in [0.2, 0.25) is 5.02 Å². The van der Waals surface area contributed by atoms with Crippen LogP contribution in [0.5, 0.6) is 0 Å². The minimum atomic E-state index is -0.622. The number of carbonyl (C=O) groups excluding carboxylic acids is 1. The SMILES string of the molecule is N#Cc1cc(C2CC2)cn2cc(Cc3nnc(C(=O)NCc4ncn5ccc(Cl)c(F)c45)o3)nc12. The Kier molecular flexibility index (Phi) is 4.96. The quantitative estimate of drug-likeness (QED) is 0.386. The van der Waals surface area contributed by atoms with E-state index in [1.54, 1.807) is 6.20 Å². The summed E-state index contributed by atoms with van der Waals surface area (Å²) in [6.45, 7) is -0.0585. The number of nitriles is 1. The van der Waals surface area contributed by atoms with Crippen LogP contribution in [0.1, 0.15) is 57.9 Å². The summed E-state index contributed by atoms with van der Waals surface area (Å²) in [6, 6.07) is 5.52. The fraction of sp³-hybridized carbons (Fsp3) is 0.217. The van der Waals surface area contributed by atoms with Crippen molar-refractivity contribution in [3.8, 4) is 6.07 Å². The molecule has 0 aromatic carbocycles. The molecule has 12 heteroatoms. The number of aromatic nitrogens is 6. The highest BCUT2D eigenvalue weighted by molar-refractivity contribution is 6.31. The van der Waals surface area contributed by atoms with E-state index in [0.717, 1.165) is 18.4 Å². The van der Waals surface area contributed by atoms with Crippen LogP contribution in [0.4, 0.5) is 4.39 Å². The Bertz CT molecular complexity index is 1660. The first-order valence-corrected chi connectivity index (χ1v) is 11.2. The molecule has 35 heavy (non-hydrogen) atoms. The Balaban J connectivity index is 1.17. The number of hydrogen-bond acceptors (Lipinski definition) is 7. The molecule has 0 unspecified atom stereocenters. The lowest BCUT2D eigenvalue weighted by molar-refractivity contribution is 0.0914. The van der Waals surface area contributed by atoms with Crippen LogP contribution in [0.3, 0.4) is 0 Å². The highest BCUT2D eigenvalue weighted by Crippen LogP contribution is 2.40. The summed E-state index contributed by atoms with van der Waals surface area (Å²) < 4.78 is 23.2. The second kappa shape index (κ2) is 8.18. The van der Waals surface area contributed by atoms with Crippen molar-refractivity contribution in [2.45, 2.75) is 31.7 Å². The highest BCUT2D eigenvalue weighted by Gasteiger charge is 2.25. The molecule has 0 spiro atoms. The minimum absolute atomic E-state index is 0.0373. The molecule has 6 rings (SSSR count). The van der Waals surface area contributed by atoms with Crippen molar-refractivity contribution >= 4 is 28.7 Å². The summed E-state index contributed by atoms with van der Waals surface area (Å²) in [5.74, 6) is -0.775. The molecule has 0 bridgehead atoms. The number of nitrogens with one attached hydrogen (secondary N) is 1. The van der Waals surface area contributed by atoms with Gasteiger partial charge in [-0.05, 0) is 36.5 Å². The van der Waals surface area contributed by atoms with Crippen molar-refractivity contribution in [2.24, 2.45) is 0 Å². The molecule has 1 N–H and O–H groups in total. The maximum atomic E-state index is 14.4. The van der Waals surface area contributed by atoms with Gasteiger partial charge in [0.2, 0.25) is 5.89 Å². The van der Waals surface area contributed by atoms with E-state index >= 15 is 0 Å². The fourth-order valence-corrected chi connectivity index (χ4v) is 4.15. The van der Waals surface area contributed by atoms with Gasteiger partial charge in [-0.15, -0.1) is 10.2 Å². The van der Waals surface area contributed by atoms with Gasteiger partial charge in [0.15, 0.2) is 11.5 Å². The monoisotopic (exact) mass is 490 g/mol. The maximum Gasteiger partial charge on any atom is 0.309 e. The van der Waals surface area contributed by atoms with Crippen molar-refractivity contribution in [1.29, 1.82) is 5.26 Å². The molecule has 1 aliphatic rings. The Morgan fingerprint density at radius 1 is 1.31 bits per heavy atom. The van der Waals surface area contributed by atoms with Gasteiger partial charge >= 0.3 is 11.8 Å². The number of halogens is 2. The number of fused-ring (bicyclic) bond motifs is 2. The molecule has 1 aliphatic carbocycles. The molecule has 5 heterocycles. The molecule has 1 saturated carbocycles. The van der Waals surface area contributed by atoms with E-state index in [9.17, 15) is 14.4 Å². The first-order valence-electron chi connectivity index (χ1n) is 10.8. The average Bonchev–Trinajstić information content (AvgIpc) is 3.26. The first-order chi connectivity index (χ1) is 17.0. The zero-order valence-electron chi connectivity index (χ0n) is 18.1. The van der Waals surface area contributed by atoms with Crippen LogP contribution in [-0.4, -0.2) is 34.9 Å². The van der Waals surface area contributed by atoms with Gasteiger partial charge in [-0.25, -0.2) is 14.4 Å². The molecule has 174 valence electrons. The number of amides is 1. The van der Waals surface area contributed by atoms with E-state index < -0.39 is 11.7 Å². The smallest absolute Gasteiger partial charge is 0.309 e. The van der Waals surface area contributed by atoms with Crippen LogP contribution in [-0.2, 0) is 13.0 Å². The Hall–Kier alpha value is -4.30. The second-order valence-electron chi connectivity index (χ2n) is 8.32. The van der Waals surface area contributed by atoms with Gasteiger partial charge in [0.25, 0.3) is 0 Å². The number of carbonyl (C=O) groups is 1. The lowest BCUT2D eigenvalue weighted by Crippen LogP contribution is -2.23. The molecule has 0 radical (unpaired) electrons. The number of rotatable bonds is 6. The zero-order chi connectivity index (χ0) is 24.1. The second-order valence-corrected chi connectivity index (χ2v) is 8.73. The summed E-state index contributed by atoms with van der Waals surface area (Å²) in [4.78, 5) is 21.2. The Labute approximate surface area is 202 Å². The lowest BCUT2D eigenvalue weighted by atomic mass is 10.1. The van der Waals surface area contributed by atoms with Crippen molar-refractivity contribution < 1.29 is 13.6 Å². The Morgan fingerprint density at radius 2 is 2.17 bits per heavy atom. The number of pyridine rings is 2. The number of imidazole rings is 2. The van der Waals surface area contributed by atoms with Crippen molar-refractivity contribution in [1.82, 2.24) is 34.3 Å². The van der Waals surface area contributed by atoms with Gasteiger partial charge in [-0.1, -0.05) is 11.6 Å². The zero-order valence-corrected chi connectivity index (χ0v) is 18.8. The largest absolute Gasteiger partial charge is 0.416 e. The molecular weight excluding hydrogens is 475 g/mol. The summed E-state index contributed by atoms with van der Waals surface area (Å²) in [5, 5.41) is 19.8. The normalized spacial score (nSPS) is 13.4.